The van der Waals surface area contributed by atoms with Crippen LogP contribution in [-0.2, 0) is 19.9 Å². The predicted octanol–water partition coefficient (Wildman–Crippen LogP) is 2.98. The minimum atomic E-state index is -0.807. The molecule has 1 aliphatic carbocycles. The van der Waals surface area contributed by atoms with Crippen LogP contribution in [0.4, 0.5) is 4.79 Å². The van der Waals surface area contributed by atoms with E-state index < -0.39 is 11.6 Å². The van der Waals surface area contributed by atoms with Crippen molar-refractivity contribution in [3.05, 3.63) is 35.2 Å². The first kappa shape index (κ1) is 21.3. The van der Waals surface area contributed by atoms with E-state index >= 15 is 0 Å². The first-order chi connectivity index (χ1) is 14.9. The third-order valence-electron chi connectivity index (χ3n) is 5.59. The lowest BCUT2D eigenvalue weighted by molar-refractivity contribution is -0.134. The molecule has 1 saturated carbocycles. The molecule has 1 aromatic carbocycles. The van der Waals surface area contributed by atoms with Gasteiger partial charge in [-0.25, -0.2) is 4.79 Å². The summed E-state index contributed by atoms with van der Waals surface area (Å²) in [5.41, 5.74) is 0.126. The molecule has 0 unspecified atom stereocenters. The van der Waals surface area contributed by atoms with Gasteiger partial charge >= 0.3 is 6.09 Å². The van der Waals surface area contributed by atoms with Crippen LogP contribution in [0.5, 0.6) is 0 Å². The highest BCUT2D eigenvalue weighted by Crippen LogP contribution is 2.33. The van der Waals surface area contributed by atoms with Gasteiger partial charge in [-0.2, -0.15) is 0 Å². The first-order valence-corrected chi connectivity index (χ1v) is 11.3. The molecule has 2 aliphatic rings. The molecule has 1 aliphatic heterocycles. The zero-order valence-electron chi connectivity index (χ0n) is 17.6. The third-order valence-corrected chi connectivity index (χ3v) is 6.49. The van der Waals surface area contributed by atoms with E-state index in [-0.39, 0.29) is 37.3 Å². The van der Waals surface area contributed by atoms with Crippen LogP contribution in [-0.4, -0.2) is 48.5 Å². The molecular weight excluding hydrogens is 416 g/mol. The fourth-order valence-corrected chi connectivity index (χ4v) is 4.40. The van der Waals surface area contributed by atoms with E-state index in [1.165, 1.54) is 4.90 Å². The number of thiophene rings is 1. The van der Waals surface area contributed by atoms with E-state index in [1.807, 2.05) is 36.6 Å². The SMILES string of the molecule is CCOC(=O)/N=C1/N[C@](C)(c2ccc3sccc3c2)CC(=O)N1CC(=O)NCC1CC1. The van der Waals surface area contributed by atoms with Crippen molar-refractivity contribution in [2.24, 2.45) is 10.9 Å². The van der Waals surface area contributed by atoms with Crippen molar-refractivity contribution in [2.45, 2.75) is 38.6 Å². The molecule has 2 aromatic rings. The van der Waals surface area contributed by atoms with E-state index in [0.717, 1.165) is 28.5 Å². The molecule has 2 N–H and O–H groups in total. The van der Waals surface area contributed by atoms with Crippen molar-refractivity contribution in [1.29, 1.82) is 0 Å². The Hall–Kier alpha value is -2.94. The van der Waals surface area contributed by atoms with Crippen LogP contribution >= 0.6 is 11.3 Å². The highest BCUT2D eigenvalue weighted by Gasteiger charge is 2.41. The Bertz CT molecular complexity index is 1050. The van der Waals surface area contributed by atoms with Crippen LogP contribution in [0.15, 0.2) is 34.6 Å². The maximum Gasteiger partial charge on any atom is 0.436 e. The predicted molar refractivity (Wildman–Crippen MR) is 119 cm³/mol. The standard InChI is InChI=1S/C22H26N4O4S/c1-3-30-21(29)24-20-25-22(2,16-6-7-17-15(10-16)8-9-31-17)11-19(28)26(20)13-18(27)23-12-14-4-5-14/h6-10,14H,3-5,11-13H2,1-2H3,(H,23,27)(H,24,25,29)/t22-/m0/s1. The molecular formula is C22H26N4O4S. The topological polar surface area (TPSA) is 100 Å². The molecule has 4 rings (SSSR count). The summed E-state index contributed by atoms with van der Waals surface area (Å²) in [4.78, 5) is 42.8. The monoisotopic (exact) mass is 442 g/mol. The highest BCUT2D eigenvalue weighted by molar-refractivity contribution is 7.17. The molecule has 0 spiro atoms. The van der Waals surface area contributed by atoms with Crippen LogP contribution in [0.25, 0.3) is 10.1 Å². The lowest BCUT2D eigenvalue weighted by Gasteiger charge is -2.41. The van der Waals surface area contributed by atoms with Crippen LogP contribution < -0.4 is 10.6 Å². The van der Waals surface area contributed by atoms with E-state index in [0.29, 0.717) is 12.5 Å². The molecule has 8 nitrogen and oxygen atoms in total. The molecule has 164 valence electrons. The van der Waals surface area contributed by atoms with Gasteiger partial charge < -0.3 is 15.4 Å². The summed E-state index contributed by atoms with van der Waals surface area (Å²) < 4.78 is 6.09. The number of carbonyl (C=O) groups excluding carboxylic acids is 3. The molecule has 9 heteroatoms. The van der Waals surface area contributed by atoms with E-state index in [4.69, 9.17) is 4.74 Å². The number of hydrogen-bond acceptors (Lipinski definition) is 5. The van der Waals surface area contributed by atoms with Gasteiger partial charge in [0.05, 0.1) is 18.6 Å². The smallest absolute Gasteiger partial charge is 0.436 e. The number of rotatable bonds is 6. The van der Waals surface area contributed by atoms with Gasteiger partial charge in [-0.3, -0.25) is 14.5 Å². The van der Waals surface area contributed by atoms with Gasteiger partial charge in [0, 0.05) is 11.2 Å². The summed E-state index contributed by atoms with van der Waals surface area (Å²) in [6, 6.07) is 8.05. The lowest BCUT2D eigenvalue weighted by atomic mass is 9.86. The van der Waals surface area contributed by atoms with Crippen molar-refractivity contribution < 1.29 is 19.1 Å². The number of carbonyl (C=O) groups is 3. The Morgan fingerprint density at radius 3 is 2.90 bits per heavy atom. The number of nitrogens with zero attached hydrogens (tertiary/aromatic N) is 2. The zero-order chi connectivity index (χ0) is 22.0. The summed E-state index contributed by atoms with van der Waals surface area (Å²) in [6.07, 6.45) is 1.55. The maximum absolute atomic E-state index is 13.1. The molecule has 3 amide bonds. The molecule has 1 atom stereocenters. The summed E-state index contributed by atoms with van der Waals surface area (Å²) in [5.74, 6) is 0.00416. The second kappa shape index (κ2) is 8.66. The average molecular weight is 443 g/mol. The van der Waals surface area contributed by atoms with Crippen LogP contribution in [0.2, 0.25) is 0 Å². The zero-order valence-corrected chi connectivity index (χ0v) is 18.5. The van der Waals surface area contributed by atoms with Crippen molar-refractivity contribution in [1.82, 2.24) is 15.5 Å². The second-order valence-electron chi connectivity index (χ2n) is 8.17. The molecule has 0 radical (unpaired) electrons. The maximum atomic E-state index is 13.1. The quantitative estimate of drug-likeness (QED) is 0.716. The molecule has 2 heterocycles. The molecule has 31 heavy (non-hydrogen) atoms. The largest absolute Gasteiger partial charge is 0.448 e. The van der Waals surface area contributed by atoms with E-state index in [1.54, 1.807) is 18.3 Å². The first-order valence-electron chi connectivity index (χ1n) is 10.5. The van der Waals surface area contributed by atoms with E-state index in [9.17, 15) is 14.4 Å². The molecule has 0 bridgehead atoms. The lowest BCUT2D eigenvalue weighted by Crippen LogP contribution is -2.61. The van der Waals surface area contributed by atoms with Crippen molar-refractivity contribution in [3.63, 3.8) is 0 Å². The molecule has 1 saturated heterocycles. The molecule has 1 aromatic heterocycles. The third kappa shape index (κ3) is 4.87. The Morgan fingerprint density at radius 1 is 1.35 bits per heavy atom. The van der Waals surface area contributed by atoms with Crippen molar-refractivity contribution in [3.8, 4) is 0 Å². The van der Waals surface area contributed by atoms with Crippen LogP contribution in [0, 0.1) is 5.92 Å². The van der Waals surface area contributed by atoms with Crippen molar-refractivity contribution in [2.75, 3.05) is 19.7 Å². The number of nitrogens with one attached hydrogen (secondary N) is 2. The minimum absolute atomic E-state index is 0.0317. The summed E-state index contributed by atoms with van der Waals surface area (Å²) in [5, 5.41) is 9.19. The Kier molecular flexibility index (Phi) is 5.95. The fourth-order valence-electron chi connectivity index (χ4n) is 3.63. The number of benzene rings is 1. The minimum Gasteiger partial charge on any atom is -0.448 e. The van der Waals surface area contributed by atoms with Gasteiger partial charge in [-0.15, -0.1) is 16.3 Å². The van der Waals surface area contributed by atoms with E-state index in [2.05, 4.69) is 15.6 Å². The summed E-state index contributed by atoms with van der Waals surface area (Å²) >= 11 is 1.65. The normalized spacial score (nSPS) is 22.5. The second-order valence-corrected chi connectivity index (χ2v) is 9.12. The highest BCUT2D eigenvalue weighted by atomic mass is 32.1. The fraction of sp³-hybridized carbons (Fsp3) is 0.455. The number of hydrogen-bond donors (Lipinski definition) is 2. The van der Waals surface area contributed by atoms with Gasteiger partial charge in [-0.05, 0) is 67.1 Å². The Balaban J connectivity index is 1.59. The van der Waals surface area contributed by atoms with Gasteiger partial charge in [0.15, 0.2) is 0 Å². The van der Waals surface area contributed by atoms with Gasteiger partial charge in [0.2, 0.25) is 17.8 Å². The summed E-state index contributed by atoms with van der Waals surface area (Å²) in [6.45, 7) is 4.15. The summed E-state index contributed by atoms with van der Waals surface area (Å²) in [7, 11) is 0. The van der Waals surface area contributed by atoms with Crippen molar-refractivity contribution >= 4 is 45.3 Å². The average Bonchev–Trinajstić information content (AvgIpc) is 3.43. The van der Waals surface area contributed by atoms with Crippen LogP contribution in [0.1, 0.15) is 38.7 Å². The number of guanidine groups is 1. The number of aliphatic imine (C=N–C) groups is 1. The molecule has 2 fully saturated rings. The Labute approximate surface area is 184 Å². The van der Waals surface area contributed by atoms with Gasteiger partial charge in [0.25, 0.3) is 0 Å². The van der Waals surface area contributed by atoms with Gasteiger partial charge in [0.1, 0.15) is 6.54 Å². The number of fused-ring (bicyclic) bond motifs is 1. The Morgan fingerprint density at radius 2 is 2.16 bits per heavy atom. The number of amides is 3. The number of ether oxygens (including phenoxy) is 1. The van der Waals surface area contributed by atoms with Crippen LogP contribution in [0.3, 0.4) is 0 Å². The van der Waals surface area contributed by atoms with Gasteiger partial charge in [-0.1, -0.05) is 6.07 Å².